The molecule has 3 N–H and O–H groups in total. The van der Waals surface area contributed by atoms with Crippen LogP contribution in [0.3, 0.4) is 0 Å². The van der Waals surface area contributed by atoms with Gasteiger partial charge in [-0.2, -0.15) is 0 Å². The van der Waals surface area contributed by atoms with Crippen LogP contribution in [0, 0.1) is 4.91 Å². The first-order chi connectivity index (χ1) is 10.2. The molecular weight excluding hydrogens is 266 g/mol. The fourth-order valence-electron chi connectivity index (χ4n) is 2.16. The van der Waals surface area contributed by atoms with E-state index in [1.165, 1.54) is 5.01 Å². The highest BCUT2D eigenvalue weighted by molar-refractivity contribution is 5.46. The first-order valence-electron chi connectivity index (χ1n) is 6.85. The summed E-state index contributed by atoms with van der Waals surface area (Å²) >= 11 is 0. The molecule has 0 bridgehead atoms. The van der Waals surface area contributed by atoms with Crippen LogP contribution in [-0.4, -0.2) is 23.2 Å². The molecule has 0 unspecified atom stereocenters. The summed E-state index contributed by atoms with van der Waals surface area (Å²) in [4.78, 5) is 10.9. The van der Waals surface area contributed by atoms with Crippen LogP contribution in [0.1, 0.15) is 17.2 Å². The van der Waals surface area contributed by atoms with Gasteiger partial charge in [0.2, 0.25) is 0 Å². The molecule has 1 atom stereocenters. The molecule has 5 nitrogen and oxygen atoms in total. The zero-order valence-electron chi connectivity index (χ0n) is 11.7. The zero-order chi connectivity index (χ0) is 15.1. The normalized spacial score (nSPS) is 11.9. The number of benzene rings is 2. The molecule has 2 rings (SSSR count). The van der Waals surface area contributed by atoms with E-state index in [-0.39, 0.29) is 6.54 Å². The van der Waals surface area contributed by atoms with E-state index in [0.717, 1.165) is 11.1 Å². The lowest BCUT2D eigenvalue weighted by atomic mass is 10.1. The van der Waals surface area contributed by atoms with Crippen molar-refractivity contribution in [2.24, 2.45) is 5.29 Å². The minimum Gasteiger partial charge on any atom is -0.399 e. The molecule has 0 saturated heterocycles. The lowest BCUT2D eigenvalue weighted by Crippen LogP contribution is -2.25. The number of nitrogens with zero attached hydrogens (tertiary/aromatic N) is 2. The maximum Gasteiger partial charge on any atom is 0.0982 e. The van der Waals surface area contributed by atoms with E-state index < -0.39 is 6.10 Å². The van der Waals surface area contributed by atoms with E-state index in [4.69, 9.17) is 5.73 Å². The van der Waals surface area contributed by atoms with Crippen LogP contribution in [0.2, 0.25) is 0 Å². The van der Waals surface area contributed by atoms with Crippen LogP contribution >= 0.6 is 0 Å². The molecule has 0 aliphatic heterocycles. The zero-order valence-corrected chi connectivity index (χ0v) is 11.7. The van der Waals surface area contributed by atoms with Crippen LogP contribution in [0.25, 0.3) is 0 Å². The summed E-state index contributed by atoms with van der Waals surface area (Å²) in [6, 6.07) is 16.7. The summed E-state index contributed by atoms with van der Waals surface area (Å²) in [7, 11) is 0. The first-order valence-corrected chi connectivity index (χ1v) is 6.85. The molecule has 0 aliphatic rings. The number of aliphatic hydroxyl groups is 1. The smallest absolute Gasteiger partial charge is 0.0982 e. The first kappa shape index (κ1) is 15.0. The summed E-state index contributed by atoms with van der Waals surface area (Å²) in [6.07, 6.45) is -0.128. The number of para-hydroxylation sites is 1. The van der Waals surface area contributed by atoms with Crippen molar-refractivity contribution in [3.8, 4) is 0 Å². The number of nitrogen functional groups attached to an aromatic ring is 1. The molecular formula is C16H19N3O2. The van der Waals surface area contributed by atoms with Gasteiger partial charge in [0.05, 0.1) is 17.9 Å². The number of nitroso groups, excluding NO2 is 1. The molecule has 0 fully saturated rings. The Hall–Kier alpha value is -2.40. The topological polar surface area (TPSA) is 78.9 Å². The summed E-state index contributed by atoms with van der Waals surface area (Å²) in [5.74, 6) is 0. The lowest BCUT2D eigenvalue weighted by molar-refractivity contribution is 0.114. The average molecular weight is 285 g/mol. The van der Waals surface area contributed by atoms with Crippen molar-refractivity contribution in [1.29, 1.82) is 0 Å². The van der Waals surface area contributed by atoms with E-state index in [1.54, 1.807) is 0 Å². The monoisotopic (exact) mass is 285 g/mol. The molecule has 2 aromatic rings. The highest BCUT2D eigenvalue weighted by Crippen LogP contribution is 2.16. The third kappa shape index (κ3) is 4.29. The molecule has 2 aromatic carbocycles. The van der Waals surface area contributed by atoms with E-state index >= 15 is 0 Å². The SMILES string of the molecule is Nc1ccccc1CCN(C[C@H](O)c1ccccc1)N=O. The van der Waals surface area contributed by atoms with E-state index in [0.29, 0.717) is 18.7 Å². The van der Waals surface area contributed by atoms with Crippen LogP contribution < -0.4 is 5.73 Å². The van der Waals surface area contributed by atoms with Crippen molar-refractivity contribution in [2.45, 2.75) is 12.5 Å². The molecule has 0 spiro atoms. The summed E-state index contributed by atoms with van der Waals surface area (Å²) in [5.41, 5.74) is 8.31. The summed E-state index contributed by atoms with van der Waals surface area (Å²) < 4.78 is 0. The number of anilines is 1. The second kappa shape index (κ2) is 7.40. The molecule has 0 aromatic heterocycles. The third-order valence-electron chi connectivity index (χ3n) is 3.38. The van der Waals surface area contributed by atoms with Gasteiger partial charge in [0, 0.05) is 12.2 Å². The number of aliphatic hydroxyl groups excluding tert-OH is 1. The minimum absolute atomic E-state index is 0.167. The Kier molecular flexibility index (Phi) is 5.29. The molecule has 21 heavy (non-hydrogen) atoms. The van der Waals surface area contributed by atoms with Crippen LogP contribution in [0.5, 0.6) is 0 Å². The lowest BCUT2D eigenvalue weighted by Gasteiger charge is -2.19. The van der Waals surface area contributed by atoms with Gasteiger partial charge in [-0.15, -0.1) is 4.91 Å². The molecule has 0 heterocycles. The second-order valence-corrected chi connectivity index (χ2v) is 4.87. The summed E-state index contributed by atoms with van der Waals surface area (Å²) in [5, 5.41) is 14.4. The van der Waals surface area contributed by atoms with Gasteiger partial charge < -0.3 is 10.8 Å². The number of hydrogen-bond acceptors (Lipinski definition) is 4. The van der Waals surface area contributed by atoms with Crippen molar-refractivity contribution in [3.63, 3.8) is 0 Å². The van der Waals surface area contributed by atoms with Gasteiger partial charge in [0.25, 0.3) is 0 Å². The minimum atomic E-state index is -0.739. The number of hydrogen-bond donors (Lipinski definition) is 2. The molecule has 0 radical (unpaired) electrons. The number of rotatable bonds is 7. The van der Waals surface area contributed by atoms with Gasteiger partial charge in [-0.25, -0.2) is 0 Å². The molecule has 110 valence electrons. The second-order valence-electron chi connectivity index (χ2n) is 4.87. The Morgan fingerprint density at radius 3 is 2.43 bits per heavy atom. The quantitative estimate of drug-likeness (QED) is 0.465. The van der Waals surface area contributed by atoms with Gasteiger partial charge in [-0.1, -0.05) is 48.5 Å². The van der Waals surface area contributed by atoms with Crippen molar-refractivity contribution >= 4 is 5.69 Å². The van der Waals surface area contributed by atoms with Gasteiger partial charge >= 0.3 is 0 Å². The Morgan fingerprint density at radius 2 is 1.76 bits per heavy atom. The maximum atomic E-state index is 10.9. The van der Waals surface area contributed by atoms with E-state index in [1.807, 2.05) is 54.6 Å². The average Bonchev–Trinajstić information content (AvgIpc) is 2.53. The maximum absolute atomic E-state index is 10.9. The van der Waals surface area contributed by atoms with Gasteiger partial charge in [-0.05, 0) is 23.6 Å². The Bertz CT molecular complexity index is 575. The van der Waals surface area contributed by atoms with Crippen LogP contribution in [0.15, 0.2) is 59.9 Å². The predicted molar refractivity (Wildman–Crippen MR) is 83.3 cm³/mol. The van der Waals surface area contributed by atoms with Gasteiger partial charge in [0.15, 0.2) is 0 Å². The van der Waals surface area contributed by atoms with Crippen molar-refractivity contribution in [3.05, 3.63) is 70.6 Å². The number of nitrogens with two attached hydrogens (primary N) is 1. The third-order valence-corrected chi connectivity index (χ3v) is 3.38. The fraction of sp³-hybridized carbons (Fsp3) is 0.250. The molecule has 5 heteroatoms. The highest BCUT2D eigenvalue weighted by atomic mass is 16.3. The van der Waals surface area contributed by atoms with Gasteiger partial charge in [-0.3, -0.25) is 5.01 Å². The Labute approximate surface area is 124 Å². The molecule has 0 amide bonds. The summed E-state index contributed by atoms with van der Waals surface area (Å²) in [6.45, 7) is 0.585. The molecule has 0 saturated carbocycles. The van der Waals surface area contributed by atoms with Crippen molar-refractivity contribution < 1.29 is 5.11 Å². The Morgan fingerprint density at radius 1 is 1.10 bits per heavy atom. The molecule has 0 aliphatic carbocycles. The largest absolute Gasteiger partial charge is 0.399 e. The van der Waals surface area contributed by atoms with Gasteiger partial charge in [0.1, 0.15) is 0 Å². The van der Waals surface area contributed by atoms with Crippen molar-refractivity contribution in [2.75, 3.05) is 18.8 Å². The predicted octanol–water partition coefficient (Wildman–Crippen LogP) is 2.53. The van der Waals surface area contributed by atoms with Crippen LogP contribution in [0.4, 0.5) is 5.69 Å². The van der Waals surface area contributed by atoms with E-state index in [2.05, 4.69) is 5.29 Å². The standard InChI is InChI=1S/C16H19N3O2/c17-15-9-5-4-6-13(15)10-11-19(18-21)12-16(20)14-7-2-1-3-8-14/h1-9,16,20H,10-12,17H2/t16-/m0/s1. The van der Waals surface area contributed by atoms with E-state index in [9.17, 15) is 10.0 Å². The Balaban J connectivity index is 1.92. The highest BCUT2D eigenvalue weighted by Gasteiger charge is 2.13. The van der Waals surface area contributed by atoms with Crippen LogP contribution in [-0.2, 0) is 6.42 Å². The fourth-order valence-corrected chi connectivity index (χ4v) is 2.16. The van der Waals surface area contributed by atoms with Crippen molar-refractivity contribution in [1.82, 2.24) is 5.01 Å².